The maximum absolute atomic E-state index is 13.4. The Labute approximate surface area is 212 Å². The van der Waals surface area contributed by atoms with Crippen molar-refractivity contribution in [3.63, 3.8) is 0 Å². The highest BCUT2D eigenvalue weighted by Crippen LogP contribution is 2.42. The minimum absolute atomic E-state index is 0.109. The van der Waals surface area contributed by atoms with Crippen LogP contribution in [0.5, 0.6) is 0 Å². The molecule has 8 heteroatoms. The quantitative estimate of drug-likeness (QED) is 0.523. The summed E-state index contributed by atoms with van der Waals surface area (Å²) < 4.78 is 0. The first kappa shape index (κ1) is 26.7. The van der Waals surface area contributed by atoms with Crippen LogP contribution >= 0.6 is 0 Å². The van der Waals surface area contributed by atoms with E-state index in [0.717, 1.165) is 37.6 Å². The van der Waals surface area contributed by atoms with Crippen molar-refractivity contribution >= 4 is 40.3 Å². The first-order valence-corrected chi connectivity index (χ1v) is 12.3. The van der Waals surface area contributed by atoms with E-state index in [9.17, 15) is 19.5 Å². The van der Waals surface area contributed by atoms with E-state index >= 15 is 0 Å². The molecule has 3 rings (SSSR count). The van der Waals surface area contributed by atoms with Gasteiger partial charge in [-0.2, -0.15) is 0 Å². The Morgan fingerprint density at radius 2 is 1.58 bits per heavy atom. The average Bonchev–Trinajstić information content (AvgIpc) is 2.83. The topological polar surface area (TPSA) is 102 Å². The van der Waals surface area contributed by atoms with Crippen LogP contribution in [-0.4, -0.2) is 59.5 Å². The minimum Gasteiger partial charge on any atom is -0.506 e. The van der Waals surface area contributed by atoms with E-state index in [-0.39, 0.29) is 28.6 Å². The summed E-state index contributed by atoms with van der Waals surface area (Å²) in [5, 5.41) is 13.9. The molecule has 2 aliphatic rings. The molecule has 0 heterocycles. The predicted octanol–water partition coefficient (Wildman–Crippen LogP) is 4.42. The number of likely N-dealkylation sites (N-methyl/N-ethyl adjacent to an activating group) is 1. The lowest BCUT2D eigenvalue weighted by Gasteiger charge is -2.29. The molecule has 0 fully saturated rings. The van der Waals surface area contributed by atoms with Gasteiger partial charge in [0.15, 0.2) is 0 Å². The summed E-state index contributed by atoms with van der Waals surface area (Å²) in [5.41, 5.74) is 3.63. The first-order valence-electron chi connectivity index (χ1n) is 12.3. The molecular formula is C28H34N4O4. The molecule has 0 radical (unpaired) electrons. The number of Topliss-reactive ketones (excluding diaryl/α,β-unsaturated/α-hetero) is 1. The molecule has 0 aromatic heterocycles. The number of rotatable bonds is 8. The van der Waals surface area contributed by atoms with Crippen molar-refractivity contribution in [1.82, 2.24) is 4.90 Å². The van der Waals surface area contributed by atoms with Crippen molar-refractivity contribution in [3.8, 4) is 0 Å². The van der Waals surface area contributed by atoms with Gasteiger partial charge in [0.2, 0.25) is 17.6 Å². The van der Waals surface area contributed by atoms with Crippen molar-refractivity contribution in [2.24, 2.45) is 4.99 Å². The van der Waals surface area contributed by atoms with Crippen molar-refractivity contribution in [2.45, 2.75) is 41.5 Å². The summed E-state index contributed by atoms with van der Waals surface area (Å²) in [6.07, 6.45) is 5.33. The van der Waals surface area contributed by atoms with Crippen molar-refractivity contribution < 1.29 is 19.5 Å². The van der Waals surface area contributed by atoms with Crippen LogP contribution in [0.4, 0.5) is 11.4 Å². The number of amides is 2. The Morgan fingerprint density at radius 1 is 0.944 bits per heavy atom. The number of anilines is 2. The Bertz CT molecular complexity index is 1240. The molecule has 1 aromatic carbocycles. The molecule has 0 aliphatic heterocycles. The number of carbonyl (C=O) groups excluding carboxylic acids is 3. The Kier molecular flexibility index (Phi) is 8.29. The number of aliphatic hydroxyl groups is 1. The fraction of sp³-hybridized carbons (Fsp3) is 0.357. The Morgan fingerprint density at radius 3 is 2.11 bits per heavy atom. The molecule has 1 aromatic rings. The van der Waals surface area contributed by atoms with Crippen LogP contribution in [0.15, 0.2) is 64.0 Å². The number of benzene rings is 1. The molecular weight excluding hydrogens is 456 g/mol. The summed E-state index contributed by atoms with van der Waals surface area (Å²) >= 11 is 0. The van der Waals surface area contributed by atoms with Crippen LogP contribution in [0.2, 0.25) is 0 Å². The predicted molar refractivity (Wildman–Crippen MR) is 144 cm³/mol. The van der Waals surface area contributed by atoms with Gasteiger partial charge >= 0.3 is 0 Å². The van der Waals surface area contributed by atoms with Crippen molar-refractivity contribution in [2.75, 3.05) is 36.4 Å². The second-order valence-electron chi connectivity index (χ2n) is 8.52. The van der Waals surface area contributed by atoms with Gasteiger partial charge in [0.1, 0.15) is 5.76 Å². The summed E-state index contributed by atoms with van der Waals surface area (Å²) in [6, 6.07) is 5.42. The van der Waals surface area contributed by atoms with E-state index in [1.807, 2.05) is 45.9 Å². The smallest absolute Gasteiger partial charge is 0.243 e. The lowest BCUT2D eigenvalue weighted by Crippen LogP contribution is -2.28. The zero-order valence-electron chi connectivity index (χ0n) is 21.8. The van der Waals surface area contributed by atoms with Crippen LogP contribution in [0.1, 0.15) is 47.1 Å². The molecule has 0 saturated carbocycles. The maximum Gasteiger partial charge on any atom is 0.243 e. The number of nitrogens with one attached hydrogen (secondary N) is 1. The normalized spacial score (nSPS) is 18.2. The van der Waals surface area contributed by atoms with Gasteiger partial charge in [-0.25, -0.2) is 4.99 Å². The third-order valence-corrected chi connectivity index (χ3v) is 6.30. The molecule has 190 valence electrons. The van der Waals surface area contributed by atoms with Gasteiger partial charge in [0, 0.05) is 62.5 Å². The second kappa shape index (κ2) is 11.2. The van der Waals surface area contributed by atoms with E-state index in [1.165, 1.54) is 13.8 Å². The fourth-order valence-corrected chi connectivity index (χ4v) is 4.51. The minimum atomic E-state index is -0.399. The zero-order valence-corrected chi connectivity index (χ0v) is 21.8. The van der Waals surface area contributed by atoms with Crippen molar-refractivity contribution in [1.29, 1.82) is 0 Å². The average molecular weight is 491 g/mol. The molecule has 2 aliphatic carbocycles. The lowest BCUT2D eigenvalue weighted by molar-refractivity contribution is -0.116. The number of ketones is 1. The molecule has 0 unspecified atom stereocenters. The SMILES string of the molecule is CCN(CC)C1=CC(=NC(C)=O)/C(=C2\C(=O)C(c3ccc(N(CC)CC)cc3NC(C)=O)=C2O)C=C1. The number of allylic oxidation sites excluding steroid dienone is 6. The van der Waals surface area contributed by atoms with E-state index in [0.29, 0.717) is 22.5 Å². The van der Waals surface area contributed by atoms with E-state index in [1.54, 1.807) is 18.2 Å². The van der Waals surface area contributed by atoms with Gasteiger partial charge in [0.05, 0.1) is 22.5 Å². The number of nitrogens with zero attached hydrogens (tertiary/aromatic N) is 3. The lowest BCUT2D eigenvalue weighted by atomic mass is 9.78. The van der Waals surface area contributed by atoms with E-state index < -0.39 is 5.91 Å². The summed E-state index contributed by atoms with van der Waals surface area (Å²) in [6.45, 7) is 14.0. The Balaban J connectivity index is 2.13. The van der Waals surface area contributed by atoms with E-state index in [4.69, 9.17) is 0 Å². The van der Waals surface area contributed by atoms with Gasteiger partial charge in [-0.15, -0.1) is 0 Å². The number of carbonyl (C=O) groups is 3. The standard InChI is InChI=1S/C28H34N4O4/c1-7-31(8-2)19-11-13-21(23(15-19)29-17(5)33)25-27(35)26(28(25)36)22-14-12-20(32(9-3)10-4)16-24(22)30-18(6)34/h11-16,35H,7-10H2,1-6H3,(H,29,33)/b26-22-,30-24?. The molecule has 2 amide bonds. The number of aliphatic imine (C=N–C) groups is 1. The van der Waals surface area contributed by atoms with Crippen LogP contribution in [-0.2, 0) is 14.4 Å². The number of hydrogen-bond donors (Lipinski definition) is 2. The number of hydrogen-bond acceptors (Lipinski definition) is 6. The second-order valence-corrected chi connectivity index (χ2v) is 8.52. The molecule has 0 spiro atoms. The molecule has 0 saturated heterocycles. The zero-order chi connectivity index (χ0) is 26.6. The fourth-order valence-electron chi connectivity index (χ4n) is 4.51. The molecule has 2 N–H and O–H groups in total. The third kappa shape index (κ3) is 5.17. The van der Waals surface area contributed by atoms with Gasteiger partial charge < -0.3 is 20.2 Å². The Hall–Kier alpha value is -3.94. The van der Waals surface area contributed by atoms with Crippen LogP contribution in [0, 0.1) is 0 Å². The van der Waals surface area contributed by atoms with Gasteiger partial charge in [-0.1, -0.05) is 0 Å². The maximum atomic E-state index is 13.4. The van der Waals surface area contributed by atoms with Gasteiger partial charge in [-0.05, 0) is 64.1 Å². The number of aliphatic hydroxyl groups excluding tert-OH is 1. The monoisotopic (exact) mass is 490 g/mol. The summed E-state index contributed by atoms with van der Waals surface area (Å²) in [5.74, 6) is -1.23. The summed E-state index contributed by atoms with van der Waals surface area (Å²) in [4.78, 5) is 45.5. The molecule has 0 bridgehead atoms. The molecule has 0 atom stereocenters. The highest BCUT2D eigenvalue weighted by Gasteiger charge is 2.39. The van der Waals surface area contributed by atoms with Crippen LogP contribution < -0.4 is 10.2 Å². The largest absolute Gasteiger partial charge is 0.506 e. The van der Waals surface area contributed by atoms with Gasteiger partial charge in [-0.3, -0.25) is 14.4 Å². The van der Waals surface area contributed by atoms with Crippen LogP contribution in [0.3, 0.4) is 0 Å². The molecule has 36 heavy (non-hydrogen) atoms. The third-order valence-electron chi connectivity index (χ3n) is 6.30. The first-order chi connectivity index (χ1) is 17.2. The highest BCUT2D eigenvalue weighted by molar-refractivity contribution is 6.42. The van der Waals surface area contributed by atoms with Crippen LogP contribution in [0.25, 0.3) is 5.57 Å². The van der Waals surface area contributed by atoms with Gasteiger partial charge in [0.25, 0.3) is 0 Å². The molecule has 8 nitrogen and oxygen atoms in total. The highest BCUT2D eigenvalue weighted by atomic mass is 16.3. The van der Waals surface area contributed by atoms with Crippen molar-refractivity contribution in [3.05, 3.63) is 64.6 Å². The van der Waals surface area contributed by atoms with E-state index in [2.05, 4.69) is 20.1 Å². The summed E-state index contributed by atoms with van der Waals surface area (Å²) in [7, 11) is 0.